The summed E-state index contributed by atoms with van der Waals surface area (Å²) in [4.78, 5) is 10.1. The van der Waals surface area contributed by atoms with Crippen LogP contribution in [0.25, 0.3) is 27.5 Å². The molecule has 2 aliphatic rings. The Bertz CT molecular complexity index is 2290. The van der Waals surface area contributed by atoms with Gasteiger partial charge in [0.1, 0.15) is 12.0 Å². The monoisotopic (exact) mass is 595 g/mol. The van der Waals surface area contributed by atoms with Gasteiger partial charge in [0.25, 0.3) is 0 Å². The molecule has 6 heteroatoms. The number of benzene rings is 6. The summed E-state index contributed by atoms with van der Waals surface area (Å²) in [5, 5.41) is 9.43. The molecule has 2 unspecified atom stereocenters. The zero-order valence-electron chi connectivity index (χ0n) is 24.8. The third kappa shape index (κ3) is 4.42. The molecule has 9 rings (SSSR count). The number of ether oxygens (including phenoxy) is 1. The molecule has 0 aliphatic carbocycles. The smallest absolute Gasteiger partial charge is 0.196 e. The third-order valence-corrected chi connectivity index (χ3v) is 8.68. The Labute approximate surface area is 266 Å². The maximum Gasteiger partial charge on any atom is 0.196 e. The molecular weight excluding hydrogens is 566 g/mol. The van der Waals surface area contributed by atoms with Gasteiger partial charge in [-0.2, -0.15) is 0 Å². The third-order valence-electron chi connectivity index (χ3n) is 8.68. The lowest BCUT2D eigenvalue weighted by atomic mass is 10.1. The van der Waals surface area contributed by atoms with E-state index >= 15 is 0 Å². The van der Waals surface area contributed by atoms with E-state index in [1.54, 1.807) is 0 Å². The molecule has 0 spiro atoms. The number of hydrogen-bond donors (Lipinski definition) is 2. The average molecular weight is 596 g/mol. The summed E-state index contributed by atoms with van der Waals surface area (Å²) < 4.78 is 8.94. The van der Waals surface area contributed by atoms with E-state index in [-0.39, 0.29) is 12.4 Å². The maximum absolute atomic E-state index is 6.62. The molecular formula is C40H29N5O. The first-order valence-electron chi connectivity index (χ1n) is 15.5. The van der Waals surface area contributed by atoms with Crippen LogP contribution in [0.3, 0.4) is 0 Å². The van der Waals surface area contributed by atoms with E-state index in [4.69, 9.17) is 14.7 Å². The summed E-state index contributed by atoms with van der Waals surface area (Å²) >= 11 is 0. The summed E-state index contributed by atoms with van der Waals surface area (Å²) in [6, 6.07) is 52.2. The molecule has 220 valence electrons. The number of rotatable bonds is 5. The Kier molecular flexibility index (Phi) is 6.16. The zero-order valence-corrected chi connectivity index (χ0v) is 24.8. The topological polar surface area (TPSA) is 62.9 Å². The standard InChI is InChI=1S/C40H29N5O/c1-4-13-26(14-5-1)37-42-38(27-15-6-2-7-16-27)44-39(43-37)29-19-12-20-30(25-29)45-33-22-11-10-21-31(33)35-34(45)24-23-32-36(35)46-40(41-32)28-17-8-3-9-18-28/h1-25,37,40-41H,(H,42,43,44). The van der Waals surface area contributed by atoms with Crippen molar-refractivity contribution < 1.29 is 4.74 Å². The fourth-order valence-electron chi connectivity index (χ4n) is 6.52. The Morgan fingerprint density at radius 1 is 0.587 bits per heavy atom. The second-order valence-electron chi connectivity index (χ2n) is 11.5. The predicted molar refractivity (Wildman–Crippen MR) is 186 cm³/mol. The molecule has 7 aromatic rings. The number of para-hydroxylation sites is 1. The molecule has 2 aliphatic heterocycles. The van der Waals surface area contributed by atoms with Crippen LogP contribution in [0.4, 0.5) is 5.69 Å². The largest absolute Gasteiger partial charge is 0.464 e. The highest BCUT2D eigenvalue weighted by molar-refractivity contribution is 6.15. The minimum atomic E-state index is -0.259. The van der Waals surface area contributed by atoms with Crippen molar-refractivity contribution in [2.75, 3.05) is 5.32 Å². The number of aliphatic imine (C=N–C) groups is 2. The molecule has 2 atom stereocenters. The molecule has 0 bridgehead atoms. The van der Waals surface area contributed by atoms with Gasteiger partial charge in [-0.1, -0.05) is 121 Å². The number of nitrogens with zero attached hydrogens (tertiary/aromatic N) is 3. The van der Waals surface area contributed by atoms with Gasteiger partial charge in [0.05, 0.1) is 22.1 Å². The van der Waals surface area contributed by atoms with Crippen molar-refractivity contribution in [3.8, 4) is 11.4 Å². The van der Waals surface area contributed by atoms with Gasteiger partial charge < -0.3 is 19.9 Å². The van der Waals surface area contributed by atoms with Crippen molar-refractivity contribution in [3.63, 3.8) is 0 Å². The van der Waals surface area contributed by atoms with E-state index in [2.05, 4.69) is 112 Å². The van der Waals surface area contributed by atoms with E-state index in [1.807, 2.05) is 54.6 Å². The van der Waals surface area contributed by atoms with Gasteiger partial charge in [0.2, 0.25) is 0 Å². The van der Waals surface area contributed by atoms with Crippen LogP contribution in [-0.2, 0) is 0 Å². The van der Waals surface area contributed by atoms with Crippen LogP contribution in [-0.4, -0.2) is 16.2 Å². The molecule has 0 radical (unpaired) electrons. The van der Waals surface area contributed by atoms with Gasteiger partial charge in [0.15, 0.2) is 17.8 Å². The number of nitrogens with one attached hydrogen (secondary N) is 2. The molecule has 6 aromatic carbocycles. The number of aromatic nitrogens is 1. The molecule has 3 heterocycles. The molecule has 46 heavy (non-hydrogen) atoms. The first-order valence-corrected chi connectivity index (χ1v) is 15.5. The van der Waals surface area contributed by atoms with E-state index in [9.17, 15) is 0 Å². The lowest BCUT2D eigenvalue weighted by Crippen LogP contribution is -2.33. The Morgan fingerprint density at radius 2 is 1.28 bits per heavy atom. The van der Waals surface area contributed by atoms with E-state index in [1.165, 1.54) is 0 Å². The lowest BCUT2D eigenvalue weighted by molar-refractivity contribution is 0.263. The molecule has 0 fully saturated rings. The van der Waals surface area contributed by atoms with Gasteiger partial charge in [0, 0.05) is 27.8 Å². The minimum absolute atomic E-state index is 0.235. The van der Waals surface area contributed by atoms with Gasteiger partial charge >= 0.3 is 0 Å². The SMILES string of the molecule is c1ccc(C2=NC(c3ccccc3)NC(c3cccc(-n4c5ccccc5c5c6c(ccc54)NC(c4ccccc4)O6)c3)=N2)cc1. The minimum Gasteiger partial charge on any atom is -0.464 e. The van der Waals surface area contributed by atoms with Crippen molar-refractivity contribution in [2.24, 2.45) is 9.98 Å². The predicted octanol–water partition coefficient (Wildman–Crippen LogP) is 8.78. The Balaban J connectivity index is 1.16. The van der Waals surface area contributed by atoms with Crippen molar-refractivity contribution in [1.82, 2.24) is 9.88 Å². The van der Waals surface area contributed by atoms with E-state index in [0.717, 1.165) is 67.0 Å². The van der Waals surface area contributed by atoms with Crippen LogP contribution >= 0.6 is 0 Å². The summed E-state index contributed by atoms with van der Waals surface area (Å²) in [5.41, 5.74) is 8.38. The quantitative estimate of drug-likeness (QED) is 0.209. The van der Waals surface area contributed by atoms with Crippen LogP contribution in [0.15, 0.2) is 162 Å². The van der Waals surface area contributed by atoms with Crippen LogP contribution in [0, 0.1) is 0 Å². The van der Waals surface area contributed by atoms with Gasteiger partial charge in [-0.3, -0.25) is 0 Å². The summed E-state index contributed by atoms with van der Waals surface area (Å²) in [6.45, 7) is 0. The normalized spacial score (nSPS) is 17.0. The highest BCUT2D eigenvalue weighted by atomic mass is 16.5. The number of fused-ring (bicyclic) bond motifs is 5. The first-order chi connectivity index (χ1) is 22.8. The molecule has 0 saturated heterocycles. The summed E-state index contributed by atoms with van der Waals surface area (Å²) in [5.74, 6) is 2.37. The molecule has 0 amide bonds. The first kappa shape index (κ1) is 26.3. The molecule has 6 nitrogen and oxygen atoms in total. The number of anilines is 1. The number of amidine groups is 2. The summed E-state index contributed by atoms with van der Waals surface area (Å²) in [7, 11) is 0. The maximum atomic E-state index is 6.62. The van der Waals surface area contributed by atoms with Crippen molar-refractivity contribution in [3.05, 3.63) is 174 Å². The van der Waals surface area contributed by atoms with Crippen LogP contribution < -0.4 is 15.4 Å². The zero-order chi connectivity index (χ0) is 30.5. The van der Waals surface area contributed by atoms with Gasteiger partial charge in [-0.05, 0) is 35.9 Å². The highest BCUT2D eigenvalue weighted by Gasteiger charge is 2.28. The second-order valence-corrected chi connectivity index (χ2v) is 11.5. The van der Waals surface area contributed by atoms with Crippen molar-refractivity contribution in [2.45, 2.75) is 12.4 Å². The van der Waals surface area contributed by atoms with Crippen molar-refractivity contribution >= 4 is 39.2 Å². The Hall–Kier alpha value is -6.14. The van der Waals surface area contributed by atoms with Gasteiger partial charge in [-0.15, -0.1) is 0 Å². The second kappa shape index (κ2) is 10.8. The fraction of sp³-hybridized carbons (Fsp3) is 0.0500. The molecule has 1 aromatic heterocycles. The summed E-state index contributed by atoms with van der Waals surface area (Å²) in [6.07, 6.45) is -0.494. The van der Waals surface area contributed by atoms with Crippen LogP contribution in [0.5, 0.6) is 5.75 Å². The van der Waals surface area contributed by atoms with Crippen molar-refractivity contribution in [1.29, 1.82) is 0 Å². The van der Waals surface area contributed by atoms with E-state index in [0.29, 0.717) is 5.84 Å². The fourth-order valence-corrected chi connectivity index (χ4v) is 6.52. The van der Waals surface area contributed by atoms with E-state index < -0.39 is 0 Å². The van der Waals surface area contributed by atoms with Crippen LogP contribution in [0.1, 0.15) is 34.6 Å². The molecule has 2 N–H and O–H groups in total. The molecule has 0 saturated carbocycles. The number of hydrogen-bond acceptors (Lipinski definition) is 5. The van der Waals surface area contributed by atoms with Crippen LogP contribution in [0.2, 0.25) is 0 Å². The highest BCUT2D eigenvalue weighted by Crippen LogP contribution is 2.47. The van der Waals surface area contributed by atoms with Gasteiger partial charge in [-0.25, -0.2) is 9.98 Å². The average Bonchev–Trinajstić information content (AvgIpc) is 3.72. The Morgan fingerprint density at radius 3 is 2.09 bits per heavy atom. The lowest BCUT2D eigenvalue weighted by Gasteiger charge is -2.24.